The number of ketones is 2. The maximum absolute atomic E-state index is 13.3. The summed E-state index contributed by atoms with van der Waals surface area (Å²) >= 11 is 1.21. The largest absolute Gasteiger partial charge is 0.384 e. The van der Waals surface area contributed by atoms with Crippen molar-refractivity contribution in [3.05, 3.63) is 56.9 Å². The van der Waals surface area contributed by atoms with Crippen molar-refractivity contribution < 1.29 is 33.4 Å². The molecule has 0 saturated carbocycles. The van der Waals surface area contributed by atoms with Gasteiger partial charge < -0.3 is 24.8 Å². The van der Waals surface area contributed by atoms with E-state index in [1.165, 1.54) is 38.8 Å². The fraction of sp³-hybridized carbons (Fsp3) is 0.519. The molecule has 1 aromatic carbocycles. The fourth-order valence-electron chi connectivity index (χ4n) is 3.86. The zero-order valence-electron chi connectivity index (χ0n) is 23.3. The van der Waals surface area contributed by atoms with Crippen molar-refractivity contribution in [2.75, 3.05) is 41.1 Å². The van der Waals surface area contributed by atoms with E-state index in [9.17, 15) is 19.2 Å². The molecule has 3 rings (SSSR count). The van der Waals surface area contributed by atoms with Crippen LogP contribution in [0, 0.1) is 17.7 Å². The topological polar surface area (TPSA) is 166 Å². The lowest BCUT2D eigenvalue weighted by Gasteiger charge is -2.24. The minimum atomic E-state index is -0.965. The van der Waals surface area contributed by atoms with Crippen molar-refractivity contribution in [2.24, 2.45) is 11.1 Å². The Morgan fingerprint density at radius 2 is 1.73 bits per heavy atom. The third-order valence-electron chi connectivity index (χ3n) is 6.07. The number of carbonyl (C=O) groups excluding carboxylic acids is 4. The maximum atomic E-state index is 13.3. The zero-order chi connectivity index (χ0) is 29.7. The lowest BCUT2D eigenvalue weighted by molar-refractivity contribution is -0.135. The molecule has 2 N–H and O–H groups in total. The van der Waals surface area contributed by atoms with Crippen LogP contribution in [0.1, 0.15) is 33.6 Å². The molecule has 1 aliphatic heterocycles. The number of hydrogen-bond acceptors (Lipinski definition) is 11. The van der Waals surface area contributed by atoms with Gasteiger partial charge in [-0.2, -0.15) is 4.91 Å². The standard InChI is InChI=1S/C26H33N3O7S.CH3NO/c1-16-27-12-22(37-16)25(33)29-20(14-35-4)21(30)11-18(13-34-3)24(32)28-19(23(31)26(2)15-36-26)10-17-8-6-5-7-9-17;1-2-3/h5-9,12,18-20H,10-11,13-15H2,1-4H3,(H,28,32)(H,29,33);1H3/t18-,19-,20-,26+;/m0./s1. The summed E-state index contributed by atoms with van der Waals surface area (Å²) in [6, 6.07) is 7.54. The highest BCUT2D eigenvalue weighted by Gasteiger charge is 2.50. The quantitative estimate of drug-likeness (QED) is 0.238. The van der Waals surface area contributed by atoms with Crippen LogP contribution in [0.5, 0.6) is 0 Å². The van der Waals surface area contributed by atoms with E-state index in [-0.39, 0.29) is 31.8 Å². The first-order chi connectivity index (χ1) is 19.1. The molecule has 0 radical (unpaired) electrons. The number of aryl methyl sites for hydroxylation is 1. The lowest BCUT2D eigenvalue weighted by atomic mass is 9.93. The summed E-state index contributed by atoms with van der Waals surface area (Å²) in [4.78, 5) is 65.1. The van der Waals surface area contributed by atoms with E-state index in [4.69, 9.17) is 19.1 Å². The molecular weight excluding hydrogens is 540 g/mol. The van der Waals surface area contributed by atoms with Gasteiger partial charge in [0.1, 0.15) is 16.5 Å². The highest BCUT2D eigenvalue weighted by molar-refractivity contribution is 7.13. The minimum absolute atomic E-state index is 0.0424. The van der Waals surface area contributed by atoms with E-state index in [2.05, 4.69) is 20.8 Å². The molecule has 0 aliphatic carbocycles. The number of methoxy groups -OCH3 is 2. The second-order valence-electron chi connectivity index (χ2n) is 9.36. The highest BCUT2D eigenvalue weighted by Crippen LogP contribution is 2.29. The van der Waals surface area contributed by atoms with Crippen LogP contribution in [0.4, 0.5) is 0 Å². The number of benzene rings is 1. The molecule has 2 aromatic rings. The van der Waals surface area contributed by atoms with Crippen LogP contribution in [0.2, 0.25) is 0 Å². The van der Waals surface area contributed by atoms with Gasteiger partial charge in [0.2, 0.25) is 5.91 Å². The molecule has 0 spiro atoms. The van der Waals surface area contributed by atoms with Crippen LogP contribution >= 0.6 is 11.3 Å². The van der Waals surface area contributed by atoms with E-state index in [1.807, 2.05) is 30.3 Å². The molecule has 2 heterocycles. The van der Waals surface area contributed by atoms with Gasteiger partial charge in [-0.1, -0.05) is 35.5 Å². The second kappa shape index (κ2) is 16.0. The van der Waals surface area contributed by atoms with Crippen LogP contribution in [0.15, 0.2) is 41.7 Å². The number of nitrogens with one attached hydrogen (secondary N) is 2. The molecule has 4 atom stereocenters. The van der Waals surface area contributed by atoms with Crippen molar-refractivity contribution >= 4 is 34.7 Å². The van der Waals surface area contributed by atoms with Gasteiger partial charge >= 0.3 is 0 Å². The lowest BCUT2D eigenvalue weighted by Crippen LogP contribution is -2.51. The molecule has 218 valence electrons. The number of nitrogens with zero attached hydrogens (tertiary/aromatic N) is 2. The van der Waals surface area contributed by atoms with E-state index in [0.29, 0.717) is 11.5 Å². The van der Waals surface area contributed by atoms with Crippen LogP contribution < -0.4 is 10.6 Å². The molecule has 13 heteroatoms. The fourth-order valence-corrected chi connectivity index (χ4v) is 4.54. The first kappa shape index (κ1) is 32.8. The Morgan fingerprint density at radius 1 is 1.10 bits per heavy atom. The van der Waals surface area contributed by atoms with Gasteiger partial charge in [0.15, 0.2) is 11.6 Å². The Hall–Kier alpha value is -3.39. The van der Waals surface area contributed by atoms with Gasteiger partial charge in [0, 0.05) is 20.6 Å². The van der Waals surface area contributed by atoms with Crippen molar-refractivity contribution in [2.45, 2.75) is 44.4 Å². The van der Waals surface area contributed by atoms with E-state index >= 15 is 0 Å². The van der Waals surface area contributed by atoms with Crippen LogP contribution in [-0.2, 0) is 35.0 Å². The molecule has 1 aliphatic rings. The van der Waals surface area contributed by atoms with Gasteiger partial charge in [0.05, 0.1) is 50.0 Å². The summed E-state index contributed by atoms with van der Waals surface area (Å²) < 4.78 is 15.7. The summed E-state index contributed by atoms with van der Waals surface area (Å²) in [5.41, 5.74) is -0.0479. The monoisotopic (exact) mass is 576 g/mol. The number of epoxide rings is 1. The summed E-state index contributed by atoms with van der Waals surface area (Å²) in [7, 11) is 4.04. The third-order valence-corrected chi connectivity index (χ3v) is 6.98. The highest BCUT2D eigenvalue weighted by atomic mass is 32.1. The molecule has 1 aromatic heterocycles. The molecule has 1 saturated heterocycles. The molecular formula is C27H36N4O8S. The van der Waals surface area contributed by atoms with Gasteiger partial charge in [-0.25, -0.2) is 4.98 Å². The number of nitroso groups, excluding NO2 is 1. The van der Waals surface area contributed by atoms with Gasteiger partial charge in [-0.3, -0.25) is 19.2 Å². The molecule has 0 bridgehead atoms. The number of rotatable bonds is 15. The Labute approximate surface area is 237 Å². The molecule has 12 nitrogen and oxygen atoms in total. The first-order valence-electron chi connectivity index (χ1n) is 12.6. The SMILES string of the molecule is CN=O.COC[C@H](CC(=O)[C@H](COC)NC(=O)c1cnc(C)s1)C(=O)N[C@@H](Cc1ccccc1)C(=O)[C@@]1(C)CO1. The molecule has 1 fully saturated rings. The summed E-state index contributed by atoms with van der Waals surface area (Å²) in [5.74, 6) is -2.43. The second-order valence-corrected chi connectivity index (χ2v) is 10.6. The van der Waals surface area contributed by atoms with Crippen molar-refractivity contribution in [1.29, 1.82) is 0 Å². The predicted octanol–water partition coefficient (Wildman–Crippen LogP) is 1.89. The number of ether oxygens (including phenoxy) is 3. The van der Waals surface area contributed by atoms with Gasteiger partial charge in [-0.15, -0.1) is 11.3 Å². The first-order valence-corrected chi connectivity index (χ1v) is 13.4. The van der Waals surface area contributed by atoms with Gasteiger partial charge in [0.25, 0.3) is 5.91 Å². The number of carbonyl (C=O) groups is 4. The van der Waals surface area contributed by atoms with Crippen LogP contribution in [0.25, 0.3) is 0 Å². The Morgan fingerprint density at radius 3 is 2.25 bits per heavy atom. The average Bonchev–Trinajstić information content (AvgIpc) is 3.53. The smallest absolute Gasteiger partial charge is 0.263 e. The number of aromatic nitrogens is 1. The van der Waals surface area contributed by atoms with Crippen molar-refractivity contribution in [3.63, 3.8) is 0 Å². The minimum Gasteiger partial charge on any atom is -0.384 e. The summed E-state index contributed by atoms with van der Waals surface area (Å²) in [6.45, 7) is 3.66. The maximum Gasteiger partial charge on any atom is 0.263 e. The average molecular weight is 577 g/mol. The third kappa shape index (κ3) is 9.97. The molecule has 0 unspecified atom stereocenters. The number of hydrogen-bond donors (Lipinski definition) is 2. The Kier molecular flexibility index (Phi) is 13.1. The number of Topliss-reactive ketones (excluding diaryl/α,β-unsaturated/α-hetero) is 2. The Bertz CT molecular complexity index is 1150. The Balaban J connectivity index is 0.00000178. The van der Waals surface area contributed by atoms with Gasteiger partial charge in [-0.05, 0) is 25.8 Å². The normalized spacial score (nSPS) is 17.8. The van der Waals surface area contributed by atoms with Crippen LogP contribution in [0.3, 0.4) is 0 Å². The van der Waals surface area contributed by atoms with Crippen molar-refractivity contribution in [3.8, 4) is 0 Å². The number of thiazole rings is 1. The molecule has 40 heavy (non-hydrogen) atoms. The molecule has 2 amide bonds. The van der Waals surface area contributed by atoms with E-state index in [1.54, 1.807) is 13.8 Å². The van der Waals surface area contributed by atoms with Crippen LogP contribution in [-0.4, -0.2) is 87.1 Å². The van der Waals surface area contributed by atoms with Crippen molar-refractivity contribution in [1.82, 2.24) is 15.6 Å². The number of amides is 2. The summed E-state index contributed by atoms with van der Waals surface area (Å²) in [6.07, 6.45) is 1.52. The van der Waals surface area contributed by atoms with E-state index in [0.717, 1.165) is 10.6 Å². The summed E-state index contributed by atoms with van der Waals surface area (Å²) in [5, 5.41) is 8.46. The predicted molar refractivity (Wildman–Crippen MR) is 148 cm³/mol. The van der Waals surface area contributed by atoms with E-state index < -0.39 is 41.2 Å². The zero-order valence-corrected chi connectivity index (χ0v) is 24.1.